The SMILES string of the molecule is COc1ccncc1NC(=O)c1occc1CN1c2ccccc2C[C@@H]1C. The van der Waals surface area contributed by atoms with E-state index in [0.29, 0.717) is 29.8 Å². The number of nitrogens with one attached hydrogen (secondary N) is 1. The van der Waals surface area contributed by atoms with Crippen molar-refractivity contribution in [3.63, 3.8) is 0 Å². The third kappa shape index (κ3) is 3.26. The van der Waals surface area contributed by atoms with Gasteiger partial charge in [-0.15, -0.1) is 0 Å². The maximum Gasteiger partial charge on any atom is 0.291 e. The summed E-state index contributed by atoms with van der Waals surface area (Å²) >= 11 is 0. The Morgan fingerprint density at radius 3 is 3.04 bits per heavy atom. The lowest BCUT2D eigenvalue weighted by atomic mass is 10.1. The summed E-state index contributed by atoms with van der Waals surface area (Å²) in [5.74, 6) is 0.535. The fraction of sp³-hybridized carbons (Fsp3) is 0.238. The van der Waals surface area contributed by atoms with Crippen molar-refractivity contribution in [1.82, 2.24) is 4.98 Å². The minimum atomic E-state index is -0.318. The molecule has 138 valence electrons. The summed E-state index contributed by atoms with van der Waals surface area (Å²) in [6.45, 7) is 2.81. The van der Waals surface area contributed by atoms with Crippen molar-refractivity contribution in [1.29, 1.82) is 0 Å². The number of anilines is 2. The average Bonchev–Trinajstić information content (AvgIpc) is 3.27. The van der Waals surface area contributed by atoms with Crippen LogP contribution in [0, 0.1) is 0 Å². The number of furan rings is 1. The fourth-order valence-corrected chi connectivity index (χ4v) is 3.55. The van der Waals surface area contributed by atoms with E-state index in [9.17, 15) is 4.79 Å². The Bertz CT molecular complexity index is 967. The number of pyridine rings is 1. The molecule has 3 heterocycles. The van der Waals surface area contributed by atoms with Gasteiger partial charge in [-0.05, 0) is 31.0 Å². The molecule has 4 rings (SSSR count). The van der Waals surface area contributed by atoms with Crippen LogP contribution in [0.3, 0.4) is 0 Å². The minimum absolute atomic E-state index is 0.303. The third-order valence-corrected chi connectivity index (χ3v) is 4.89. The molecule has 0 unspecified atom stereocenters. The van der Waals surface area contributed by atoms with E-state index in [1.165, 1.54) is 11.3 Å². The number of methoxy groups -OCH3 is 1. The number of hydrogen-bond donors (Lipinski definition) is 1. The van der Waals surface area contributed by atoms with Crippen LogP contribution in [0.4, 0.5) is 11.4 Å². The van der Waals surface area contributed by atoms with Crippen molar-refractivity contribution < 1.29 is 13.9 Å². The number of aromatic nitrogens is 1. The molecule has 1 aliphatic rings. The van der Waals surface area contributed by atoms with E-state index in [0.717, 1.165) is 12.0 Å². The van der Waals surface area contributed by atoms with Gasteiger partial charge in [0, 0.05) is 36.1 Å². The molecule has 0 aliphatic carbocycles. The lowest BCUT2D eigenvalue weighted by Gasteiger charge is -2.24. The molecule has 0 fully saturated rings. The first-order chi connectivity index (χ1) is 13.2. The lowest BCUT2D eigenvalue weighted by Crippen LogP contribution is -2.29. The van der Waals surface area contributed by atoms with Crippen molar-refractivity contribution in [2.75, 3.05) is 17.3 Å². The molecule has 27 heavy (non-hydrogen) atoms. The number of ether oxygens (including phenoxy) is 1. The van der Waals surface area contributed by atoms with Crippen molar-refractivity contribution in [2.45, 2.75) is 25.9 Å². The van der Waals surface area contributed by atoms with Gasteiger partial charge < -0.3 is 19.4 Å². The van der Waals surface area contributed by atoms with Crippen molar-refractivity contribution in [3.8, 4) is 5.75 Å². The Morgan fingerprint density at radius 2 is 2.19 bits per heavy atom. The van der Waals surface area contributed by atoms with Gasteiger partial charge in [0.15, 0.2) is 5.76 Å². The highest BCUT2D eigenvalue weighted by molar-refractivity contribution is 6.04. The predicted molar refractivity (Wildman–Crippen MR) is 103 cm³/mol. The van der Waals surface area contributed by atoms with Gasteiger partial charge in [0.1, 0.15) is 11.4 Å². The molecule has 0 spiro atoms. The Kier molecular flexibility index (Phi) is 4.54. The van der Waals surface area contributed by atoms with E-state index in [1.807, 2.05) is 12.1 Å². The summed E-state index contributed by atoms with van der Waals surface area (Å²) < 4.78 is 10.8. The number of carbonyl (C=O) groups excluding carboxylic acids is 1. The normalized spacial score (nSPS) is 15.5. The second-order valence-electron chi connectivity index (χ2n) is 6.61. The van der Waals surface area contributed by atoms with Gasteiger partial charge in [0.05, 0.1) is 19.6 Å². The highest BCUT2D eigenvalue weighted by Crippen LogP contribution is 2.33. The van der Waals surface area contributed by atoms with E-state index in [4.69, 9.17) is 9.15 Å². The number of amides is 1. The van der Waals surface area contributed by atoms with Crippen LogP contribution in [-0.2, 0) is 13.0 Å². The van der Waals surface area contributed by atoms with Crippen LogP contribution < -0.4 is 15.0 Å². The summed E-state index contributed by atoms with van der Waals surface area (Å²) in [5, 5.41) is 2.82. The number of carbonyl (C=O) groups is 1. The highest BCUT2D eigenvalue weighted by Gasteiger charge is 2.27. The second kappa shape index (κ2) is 7.15. The lowest BCUT2D eigenvalue weighted by molar-refractivity contribution is 0.0995. The van der Waals surface area contributed by atoms with Gasteiger partial charge in [-0.2, -0.15) is 0 Å². The molecule has 0 radical (unpaired) electrons. The first kappa shape index (κ1) is 17.1. The van der Waals surface area contributed by atoms with Gasteiger partial charge in [-0.3, -0.25) is 9.78 Å². The molecule has 1 aromatic carbocycles. The Balaban J connectivity index is 1.56. The molecule has 0 bridgehead atoms. The summed E-state index contributed by atoms with van der Waals surface area (Å²) in [5.41, 5.74) is 3.90. The molecular formula is C21H21N3O3. The Labute approximate surface area is 157 Å². The van der Waals surface area contributed by atoms with Gasteiger partial charge in [-0.25, -0.2) is 0 Å². The molecule has 0 saturated heterocycles. The number of para-hydroxylation sites is 1. The molecule has 0 saturated carbocycles. The van der Waals surface area contributed by atoms with Gasteiger partial charge in [-0.1, -0.05) is 18.2 Å². The van der Waals surface area contributed by atoms with E-state index >= 15 is 0 Å². The zero-order chi connectivity index (χ0) is 18.8. The molecule has 1 amide bonds. The van der Waals surface area contributed by atoms with Crippen molar-refractivity contribution in [3.05, 3.63) is 71.9 Å². The summed E-state index contributed by atoms with van der Waals surface area (Å²) in [6, 6.07) is 12.3. The van der Waals surface area contributed by atoms with Crippen molar-refractivity contribution >= 4 is 17.3 Å². The minimum Gasteiger partial charge on any atom is -0.494 e. The van der Waals surface area contributed by atoms with Crippen LogP contribution in [0.5, 0.6) is 5.75 Å². The number of fused-ring (bicyclic) bond motifs is 1. The smallest absolute Gasteiger partial charge is 0.291 e. The maximum absolute atomic E-state index is 12.8. The molecule has 6 heteroatoms. The predicted octanol–water partition coefficient (Wildman–Crippen LogP) is 3.89. The van der Waals surface area contributed by atoms with E-state index in [-0.39, 0.29) is 5.91 Å². The van der Waals surface area contributed by atoms with Crippen LogP contribution >= 0.6 is 0 Å². The van der Waals surface area contributed by atoms with Gasteiger partial charge in [0.25, 0.3) is 5.91 Å². The van der Waals surface area contributed by atoms with Crippen LogP contribution in [-0.4, -0.2) is 24.0 Å². The van der Waals surface area contributed by atoms with Gasteiger partial charge >= 0.3 is 0 Å². The van der Waals surface area contributed by atoms with E-state index in [1.54, 1.807) is 31.8 Å². The topological polar surface area (TPSA) is 67.6 Å². The number of benzene rings is 1. The maximum atomic E-state index is 12.8. The summed E-state index contributed by atoms with van der Waals surface area (Å²) in [6.07, 6.45) is 5.72. The average molecular weight is 363 g/mol. The zero-order valence-electron chi connectivity index (χ0n) is 15.3. The second-order valence-corrected chi connectivity index (χ2v) is 6.61. The van der Waals surface area contributed by atoms with E-state index in [2.05, 4.69) is 40.3 Å². The number of hydrogen-bond acceptors (Lipinski definition) is 5. The Hall–Kier alpha value is -3.28. The van der Waals surface area contributed by atoms with Crippen LogP contribution in [0.1, 0.15) is 28.6 Å². The highest BCUT2D eigenvalue weighted by atomic mass is 16.5. The molecule has 1 aliphatic heterocycles. The van der Waals surface area contributed by atoms with Crippen LogP contribution in [0.15, 0.2) is 59.5 Å². The number of rotatable bonds is 5. The molecule has 3 aromatic rings. The van der Waals surface area contributed by atoms with Crippen LogP contribution in [0.25, 0.3) is 0 Å². The monoisotopic (exact) mass is 363 g/mol. The summed E-state index contributed by atoms with van der Waals surface area (Å²) in [7, 11) is 1.55. The molecule has 1 atom stereocenters. The first-order valence-corrected chi connectivity index (χ1v) is 8.87. The van der Waals surface area contributed by atoms with Gasteiger partial charge in [0.2, 0.25) is 0 Å². The first-order valence-electron chi connectivity index (χ1n) is 8.87. The quantitative estimate of drug-likeness (QED) is 0.745. The fourth-order valence-electron chi connectivity index (χ4n) is 3.55. The molecule has 2 aromatic heterocycles. The molecule has 1 N–H and O–H groups in total. The number of nitrogens with zero attached hydrogens (tertiary/aromatic N) is 2. The Morgan fingerprint density at radius 1 is 1.33 bits per heavy atom. The summed E-state index contributed by atoms with van der Waals surface area (Å²) in [4.78, 5) is 19.1. The van der Waals surface area contributed by atoms with Crippen LogP contribution in [0.2, 0.25) is 0 Å². The third-order valence-electron chi connectivity index (χ3n) is 4.89. The zero-order valence-corrected chi connectivity index (χ0v) is 15.3. The van der Waals surface area contributed by atoms with Crippen molar-refractivity contribution in [2.24, 2.45) is 0 Å². The largest absolute Gasteiger partial charge is 0.494 e. The molecule has 6 nitrogen and oxygen atoms in total. The van der Waals surface area contributed by atoms with E-state index < -0.39 is 0 Å². The molecular weight excluding hydrogens is 342 g/mol. The standard InChI is InChI=1S/C21H21N3O3/c1-14-11-15-5-3-4-6-18(15)24(14)13-16-8-10-27-20(16)21(25)23-17-12-22-9-7-19(17)26-2/h3-10,12,14H,11,13H2,1-2H3,(H,23,25)/t14-/m0/s1.